The normalized spacial score (nSPS) is 19.1. The van der Waals surface area contributed by atoms with Gasteiger partial charge in [0.05, 0.1) is 0 Å². The second-order valence-electron chi connectivity index (χ2n) is 6.11. The maximum atomic E-state index is 13.2. The molecule has 21 heavy (non-hydrogen) atoms. The van der Waals surface area contributed by atoms with Crippen molar-refractivity contribution in [3.05, 3.63) is 71.5 Å². The van der Waals surface area contributed by atoms with Crippen LogP contribution in [0.3, 0.4) is 0 Å². The van der Waals surface area contributed by atoms with Crippen LogP contribution in [0.25, 0.3) is 0 Å². The first-order valence-corrected chi connectivity index (χ1v) is 7.79. The Morgan fingerprint density at radius 2 is 1.48 bits per heavy atom. The molecule has 1 aliphatic rings. The van der Waals surface area contributed by atoms with Gasteiger partial charge in [0.2, 0.25) is 0 Å². The average Bonchev–Trinajstić information content (AvgIpc) is 2.56. The Hall–Kier alpha value is -1.67. The van der Waals surface area contributed by atoms with Crippen molar-refractivity contribution in [3.63, 3.8) is 0 Å². The van der Waals surface area contributed by atoms with Crippen LogP contribution in [0, 0.1) is 5.82 Å². The first kappa shape index (κ1) is 14.3. The summed E-state index contributed by atoms with van der Waals surface area (Å²) >= 11 is 0. The van der Waals surface area contributed by atoms with E-state index in [1.807, 2.05) is 18.2 Å². The lowest BCUT2D eigenvalue weighted by Gasteiger charge is -2.43. The van der Waals surface area contributed by atoms with E-state index in [4.69, 9.17) is 5.73 Å². The van der Waals surface area contributed by atoms with Crippen LogP contribution >= 0.6 is 0 Å². The van der Waals surface area contributed by atoms with Crippen LogP contribution in [-0.2, 0) is 5.41 Å². The summed E-state index contributed by atoms with van der Waals surface area (Å²) in [5.41, 5.74) is 9.00. The van der Waals surface area contributed by atoms with Crippen molar-refractivity contribution in [2.45, 2.75) is 43.6 Å². The molecule has 2 aromatic rings. The number of benzene rings is 2. The highest BCUT2D eigenvalue weighted by Gasteiger charge is 2.40. The largest absolute Gasteiger partial charge is 0.323 e. The smallest absolute Gasteiger partial charge is 0.123 e. The fourth-order valence-corrected chi connectivity index (χ4v) is 3.72. The van der Waals surface area contributed by atoms with Crippen LogP contribution in [-0.4, -0.2) is 0 Å². The summed E-state index contributed by atoms with van der Waals surface area (Å²) in [4.78, 5) is 0. The summed E-state index contributed by atoms with van der Waals surface area (Å²) in [6.07, 6.45) is 5.92. The second kappa shape index (κ2) is 5.98. The SMILES string of the molecule is NC(c1ccc(F)cc1)C1(c2ccccc2)CCCCC1. The van der Waals surface area contributed by atoms with Crippen molar-refractivity contribution in [2.75, 3.05) is 0 Å². The monoisotopic (exact) mass is 283 g/mol. The molecule has 0 spiro atoms. The molecule has 3 rings (SSSR count). The van der Waals surface area contributed by atoms with E-state index in [0.29, 0.717) is 0 Å². The topological polar surface area (TPSA) is 26.0 Å². The molecule has 2 N–H and O–H groups in total. The van der Waals surface area contributed by atoms with Gasteiger partial charge in [0.25, 0.3) is 0 Å². The summed E-state index contributed by atoms with van der Waals surface area (Å²) < 4.78 is 13.2. The number of hydrogen-bond acceptors (Lipinski definition) is 1. The van der Waals surface area contributed by atoms with E-state index in [9.17, 15) is 4.39 Å². The molecular formula is C19H22FN. The highest BCUT2D eigenvalue weighted by Crippen LogP contribution is 2.47. The third-order valence-corrected chi connectivity index (χ3v) is 4.92. The van der Waals surface area contributed by atoms with Gasteiger partial charge in [-0.15, -0.1) is 0 Å². The lowest BCUT2D eigenvalue weighted by atomic mass is 9.63. The second-order valence-corrected chi connectivity index (χ2v) is 6.11. The molecule has 1 atom stereocenters. The Bertz CT molecular complexity index is 570. The van der Waals surface area contributed by atoms with Gasteiger partial charge in [-0.1, -0.05) is 61.7 Å². The van der Waals surface area contributed by atoms with Gasteiger partial charge in [0, 0.05) is 11.5 Å². The van der Waals surface area contributed by atoms with Crippen LogP contribution in [0.1, 0.15) is 49.3 Å². The minimum absolute atomic E-state index is 0.0165. The molecule has 1 aliphatic carbocycles. The fraction of sp³-hybridized carbons (Fsp3) is 0.368. The van der Waals surface area contributed by atoms with Crippen LogP contribution in [0.5, 0.6) is 0 Å². The Balaban J connectivity index is 2.01. The maximum Gasteiger partial charge on any atom is 0.123 e. The average molecular weight is 283 g/mol. The number of nitrogens with two attached hydrogens (primary N) is 1. The van der Waals surface area contributed by atoms with Crippen molar-refractivity contribution in [3.8, 4) is 0 Å². The molecule has 2 heteroatoms. The van der Waals surface area contributed by atoms with E-state index >= 15 is 0 Å². The maximum absolute atomic E-state index is 13.2. The zero-order valence-electron chi connectivity index (χ0n) is 12.3. The fourth-order valence-electron chi connectivity index (χ4n) is 3.72. The minimum atomic E-state index is -0.205. The number of rotatable bonds is 3. The summed E-state index contributed by atoms with van der Waals surface area (Å²) in [5.74, 6) is -0.205. The van der Waals surface area contributed by atoms with Gasteiger partial charge in [-0.25, -0.2) is 4.39 Å². The van der Waals surface area contributed by atoms with Crippen molar-refractivity contribution < 1.29 is 4.39 Å². The Labute approximate surface area is 126 Å². The molecule has 1 saturated carbocycles. The van der Waals surface area contributed by atoms with Crippen molar-refractivity contribution in [2.24, 2.45) is 5.73 Å². The summed E-state index contributed by atoms with van der Waals surface area (Å²) in [6.45, 7) is 0. The molecule has 2 aromatic carbocycles. The van der Waals surface area contributed by atoms with Crippen molar-refractivity contribution in [1.82, 2.24) is 0 Å². The van der Waals surface area contributed by atoms with E-state index in [0.717, 1.165) is 18.4 Å². The summed E-state index contributed by atoms with van der Waals surface area (Å²) in [6, 6.07) is 17.2. The molecule has 0 aliphatic heterocycles. The van der Waals surface area contributed by atoms with Gasteiger partial charge in [-0.3, -0.25) is 0 Å². The van der Waals surface area contributed by atoms with Gasteiger partial charge in [0.1, 0.15) is 5.82 Å². The molecule has 110 valence electrons. The van der Waals surface area contributed by atoms with Gasteiger partial charge in [0.15, 0.2) is 0 Å². The first-order valence-electron chi connectivity index (χ1n) is 7.79. The van der Waals surface area contributed by atoms with Gasteiger partial charge < -0.3 is 5.73 Å². The third-order valence-electron chi connectivity index (χ3n) is 4.92. The molecule has 1 fully saturated rings. The highest BCUT2D eigenvalue weighted by molar-refractivity contribution is 5.33. The zero-order chi connectivity index (χ0) is 14.7. The highest BCUT2D eigenvalue weighted by atomic mass is 19.1. The molecule has 0 saturated heterocycles. The molecule has 1 unspecified atom stereocenters. The Morgan fingerprint density at radius 1 is 0.857 bits per heavy atom. The minimum Gasteiger partial charge on any atom is -0.323 e. The molecule has 0 aromatic heterocycles. The Morgan fingerprint density at radius 3 is 2.10 bits per heavy atom. The van der Waals surface area contributed by atoms with Crippen molar-refractivity contribution >= 4 is 0 Å². The standard InChI is InChI=1S/C19H22FN/c20-17-11-9-15(10-12-17)18(21)19(13-5-2-6-14-19)16-7-3-1-4-8-16/h1,3-4,7-12,18H,2,5-6,13-14,21H2. The number of halogens is 1. The van der Waals surface area contributed by atoms with Crippen molar-refractivity contribution in [1.29, 1.82) is 0 Å². The van der Waals surface area contributed by atoms with Crippen LogP contribution in [0.4, 0.5) is 4.39 Å². The molecule has 0 heterocycles. The quantitative estimate of drug-likeness (QED) is 0.866. The van der Waals surface area contributed by atoms with Crippen LogP contribution < -0.4 is 5.73 Å². The third kappa shape index (κ3) is 2.73. The first-order chi connectivity index (χ1) is 10.2. The summed E-state index contributed by atoms with van der Waals surface area (Å²) in [7, 11) is 0. The van der Waals surface area contributed by atoms with E-state index in [-0.39, 0.29) is 17.3 Å². The Kier molecular flexibility index (Phi) is 4.07. The molecular weight excluding hydrogens is 261 g/mol. The molecule has 0 radical (unpaired) electrons. The predicted octanol–water partition coefficient (Wildman–Crippen LogP) is 4.73. The molecule has 0 amide bonds. The van der Waals surface area contributed by atoms with Crippen LogP contribution in [0.2, 0.25) is 0 Å². The predicted molar refractivity (Wildman–Crippen MR) is 84.5 cm³/mol. The zero-order valence-corrected chi connectivity index (χ0v) is 12.3. The van der Waals surface area contributed by atoms with Gasteiger partial charge in [-0.2, -0.15) is 0 Å². The summed E-state index contributed by atoms with van der Waals surface area (Å²) in [5, 5.41) is 0. The van der Waals surface area contributed by atoms with Gasteiger partial charge >= 0.3 is 0 Å². The lowest BCUT2D eigenvalue weighted by molar-refractivity contribution is 0.244. The van der Waals surface area contributed by atoms with E-state index in [1.54, 1.807) is 0 Å². The van der Waals surface area contributed by atoms with E-state index < -0.39 is 0 Å². The number of hydrogen-bond donors (Lipinski definition) is 1. The van der Waals surface area contributed by atoms with Gasteiger partial charge in [-0.05, 0) is 36.1 Å². The lowest BCUT2D eigenvalue weighted by Crippen LogP contribution is -2.40. The van der Waals surface area contributed by atoms with E-state index in [2.05, 4.69) is 24.3 Å². The molecule has 1 nitrogen and oxygen atoms in total. The van der Waals surface area contributed by atoms with E-state index in [1.165, 1.54) is 37.0 Å². The molecule has 0 bridgehead atoms. The van der Waals surface area contributed by atoms with Crippen LogP contribution in [0.15, 0.2) is 54.6 Å².